The van der Waals surface area contributed by atoms with Gasteiger partial charge in [0.2, 0.25) is 15.9 Å². The van der Waals surface area contributed by atoms with Gasteiger partial charge in [-0.25, -0.2) is 16.8 Å². The molecule has 1 N–H and O–H groups in total. The van der Waals surface area contributed by atoms with Crippen LogP contribution in [-0.4, -0.2) is 66.9 Å². The topological polar surface area (TPSA) is 122 Å². The molecule has 0 bridgehead atoms. The molecule has 12 heteroatoms. The number of rotatable bonds is 12. The molecule has 1 saturated heterocycles. The Morgan fingerprint density at radius 3 is 2.12 bits per heavy atom. The molecule has 10 nitrogen and oxygen atoms in total. The predicted molar refractivity (Wildman–Crippen MR) is 156 cm³/mol. The fourth-order valence-electron chi connectivity index (χ4n) is 4.46. The molecule has 1 aliphatic rings. The van der Waals surface area contributed by atoms with E-state index in [2.05, 4.69) is 5.32 Å². The zero-order chi connectivity index (χ0) is 29.6. The van der Waals surface area contributed by atoms with Crippen LogP contribution in [0.4, 0.5) is 5.69 Å². The van der Waals surface area contributed by atoms with Gasteiger partial charge in [0.25, 0.3) is 10.0 Å². The zero-order valence-corrected chi connectivity index (χ0v) is 25.0. The molecule has 1 amide bonds. The standard InChI is InChI=1S/C29H35N3O7S2/c1-22-6-11-26(12-7-22)41(36,37)32(27-20-23(2)8-15-28(27)38-3)21-29(33)30-16-19-39-24-9-13-25(14-10-24)40(34,35)31-17-4-5-18-31/h6-15,20H,4-5,16-19,21H2,1-3H3,(H,30,33). The van der Waals surface area contributed by atoms with Gasteiger partial charge in [0.1, 0.15) is 24.7 Å². The van der Waals surface area contributed by atoms with Gasteiger partial charge in [0, 0.05) is 13.1 Å². The van der Waals surface area contributed by atoms with Crippen LogP contribution in [0.25, 0.3) is 0 Å². The number of benzene rings is 3. The average Bonchev–Trinajstić information content (AvgIpc) is 3.51. The lowest BCUT2D eigenvalue weighted by Crippen LogP contribution is -2.42. The molecular weight excluding hydrogens is 566 g/mol. The number of ether oxygens (including phenoxy) is 2. The van der Waals surface area contributed by atoms with Crippen LogP contribution in [0.3, 0.4) is 0 Å². The van der Waals surface area contributed by atoms with Crippen molar-refractivity contribution in [2.75, 3.05) is 44.2 Å². The van der Waals surface area contributed by atoms with Crippen LogP contribution < -0.4 is 19.1 Å². The van der Waals surface area contributed by atoms with E-state index in [9.17, 15) is 21.6 Å². The zero-order valence-electron chi connectivity index (χ0n) is 23.4. The summed E-state index contributed by atoms with van der Waals surface area (Å²) in [5, 5.41) is 2.70. The summed E-state index contributed by atoms with van der Waals surface area (Å²) in [5.74, 6) is 0.241. The van der Waals surface area contributed by atoms with Gasteiger partial charge in [-0.05, 0) is 80.8 Å². The van der Waals surface area contributed by atoms with Crippen molar-refractivity contribution in [1.82, 2.24) is 9.62 Å². The molecule has 1 heterocycles. The minimum Gasteiger partial charge on any atom is -0.495 e. The Balaban J connectivity index is 1.41. The molecular formula is C29H35N3O7S2. The van der Waals surface area contributed by atoms with Gasteiger partial charge in [-0.2, -0.15) is 4.31 Å². The number of carbonyl (C=O) groups excluding carboxylic acids is 1. The van der Waals surface area contributed by atoms with Crippen LogP contribution in [0, 0.1) is 13.8 Å². The molecule has 41 heavy (non-hydrogen) atoms. The monoisotopic (exact) mass is 601 g/mol. The third-order valence-electron chi connectivity index (χ3n) is 6.72. The average molecular weight is 602 g/mol. The van der Waals surface area contributed by atoms with Gasteiger partial charge >= 0.3 is 0 Å². The van der Waals surface area contributed by atoms with Crippen LogP contribution in [0.2, 0.25) is 0 Å². The first-order chi connectivity index (χ1) is 19.5. The number of amides is 1. The fraction of sp³-hybridized carbons (Fsp3) is 0.345. The summed E-state index contributed by atoms with van der Waals surface area (Å²) in [5.41, 5.74) is 1.96. The van der Waals surface area contributed by atoms with Gasteiger partial charge < -0.3 is 14.8 Å². The largest absolute Gasteiger partial charge is 0.495 e. The van der Waals surface area contributed by atoms with Gasteiger partial charge in [-0.15, -0.1) is 0 Å². The van der Waals surface area contributed by atoms with E-state index in [4.69, 9.17) is 9.47 Å². The Bertz CT molecular complexity index is 1570. The molecule has 1 aliphatic heterocycles. The number of sulfonamides is 2. The van der Waals surface area contributed by atoms with Crippen LogP contribution in [0.15, 0.2) is 76.5 Å². The highest BCUT2D eigenvalue weighted by Crippen LogP contribution is 2.33. The summed E-state index contributed by atoms with van der Waals surface area (Å²) in [6.07, 6.45) is 1.72. The lowest BCUT2D eigenvalue weighted by molar-refractivity contribution is -0.119. The first kappa shape index (κ1) is 30.4. The van der Waals surface area contributed by atoms with E-state index in [-0.39, 0.29) is 28.6 Å². The minimum absolute atomic E-state index is 0.0537. The number of hydrogen-bond acceptors (Lipinski definition) is 7. The second kappa shape index (κ2) is 12.9. The van der Waals surface area contributed by atoms with Crippen molar-refractivity contribution in [3.8, 4) is 11.5 Å². The van der Waals surface area contributed by atoms with Crippen molar-refractivity contribution in [1.29, 1.82) is 0 Å². The van der Waals surface area contributed by atoms with Crippen molar-refractivity contribution >= 4 is 31.6 Å². The summed E-state index contributed by atoms with van der Waals surface area (Å²) >= 11 is 0. The Morgan fingerprint density at radius 2 is 1.49 bits per heavy atom. The molecule has 0 atom stereocenters. The fourth-order valence-corrected chi connectivity index (χ4v) is 7.40. The number of methoxy groups -OCH3 is 1. The maximum Gasteiger partial charge on any atom is 0.264 e. The van der Waals surface area contributed by atoms with E-state index in [1.54, 1.807) is 42.5 Å². The van der Waals surface area contributed by atoms with Crippen molar-refractivity contribution in [2.24, 2.45) is 0 Å². The normalized spacial score (nSPS) is 14.0. The van der Waals surface area contributed by atoms with Crippen molar-refractivity contribution < 1.29 is 31.1 Å². The maximum atomic E-state index is 13.7. The molecule has 220 valence electrons. The Morgan fingerprint density at radius 1 is 0.878 bits per heavy atom. The highest BCUT2D eigenvalue weighted by molar-refractivity contribution is 7.93. The predicted octanol–water partition coefficient (Wildman–Crippen LogP) is 3.49. The third kappa shape index (κ3) is 7.19. The van der Waals surface area contributed by atoms with E-state index in [0.29, 0.717) is 24.6 Å². The summed E-state index contributed by atoms with van der Waals surface area (Å²) < 4.78 is 66.3. The maximum absolute atomic E-state index is 13.7. The van der Waals surface area contributed by atoms with Crippen LogP contribution >= 0.6 is 0 Å². The summed E-state index contributed by atoms with van der Waals surface area (Å²) in [6, 6.07) is 17.7. The second-order valence-electron chi connectivity index (χ2n) is 9.78. The molecule has 0 saturated carbocycles. The molecule has 4 rings (SSSR count). The molecule has 3 aromatic carbocycles. The number of anilines is 1. The molecule has 0 unspecified atom stereocenters. The number of nitrogens with zero attached hydrogens (tertiary/aromatic N) is 2. The van der Waals surface area contributed by atoms with E-state index >= 15 is 0 Å². The minimum atomic E-state index is -4.10. The van der Waals surface area contributed by atoms with E-state index in [0.717, 1.165) is 28.3 Å². The van der Waals surface area contributed by atoms with E-state index in [1.807, 2.05) is 13.8 Å². The number of aryl methyl sites for hydroxylation is 2. The quantitative estimate of drug-likeness (QED) is 0.316. The Kier molecular flexibility index (Phi) is 9.57. The first-order valence-corrected chi connectivity index (χ1v) is 16.1. The molecule has 0 spiro atoms. The Hall–Kier alpha value is -3.61. The summed E-state index contributed by atoms with van der Waals surface area (Å²) in [4.78, 5) is 13.2. The SMILES string of the molecule is COc1ccc(C)cc1N(CC(=O)NCCOc1ccc(S(=O)(=O)N2CCCC2)cc1)S(=O)(=O)c1ccc(C)cc1. The molecule has 0 aromatic heterocycles. The molecule has 0 radical (unpaired) electrons. The molecule has 1 fully saturated rings. The lowest BCUT2D eigenvalue weighted by atomic mass is 10.2. The van der Waals surface area contributed by atoms with Gasteiger partial charge in [-0.3, -0.25) is 9.10 Å². The lowest BCUT2D eigenvalue weighted by Gasteiger charge is -2.26. The summed E-state index contributed by atoms with van der Waals surface area (Å²) in [7, 11) is -6.17. The highest BCUT2D eigenvalue weighted by atomic mass is 32.2. The van der Waals surface area contributed by atoms with Gasteiger partial charge in [0.15, 0.2) is 0 Å². The van der Waals surface area contributed by atoms with E-state index < -0.39 is 32.5 Å². The van der Waals surface area contributed by atoms with Crippen LogP contribution in [0.5, 0.6) is 11.5 Å². The van der Waals surface area contributed by atoms with Gasteiger partial charge in [-0.1, -0.05) is 23.8 Å². The van der Waals surface area contributed by atoms with Crippen LogP contribution in [0.1, 0.15) is 24.0 Å². The van der Waals surface area contributed by atoms with Crippen molar-refractivity contribution in [3.63, 3.8) is 0 Å². The van der Waals surface area contributed by atoms with Crippen LogP contribution in [-0.2, 0) is 24.8 Å². The molecule has 0 aliphatic carbocycles. The van der Waals surface area contributed by atoms with E-state index in [1.165, 1.54) is 35.7 Å². The first-order valence-electron chi connectivity index (χ1n) is 13.3. The van der Waals surface area contributed by atoms with Gasteiger partial charge in [0.05, 0.1) is 29.1 Å². The number of nitrogens with one attached hydrogen (secondary N) is 1. The Labute approximate surface area is 242 Å². The third-order valence-corrected chi connectivity index (χ3v) is 10.4. The number of hydrogen-bond donors (Lipinski definition) is 1. The number of carbonyl (C=O) groups is 1. The smallest absolute Gasteiger partial charge is 0.264 e. The second-order valence-corrected chi connectivity index (χ2v) is 13.6. The highest BCUT2D eigenvalue weighted by Gasteiger charge is 2.30. The summed E-state index contributed by atoms with van der Waals surface area (Å²) in [6.45, 7) is 4.47. The van der Waals surface area contributed by atoms with Crippen molar-refractivity contribution in [2.45, 2.75) is 36.5 Å². The molecule has 3 aromatic rings. The van der Waals surface area contributed by atoms with Crippen molar-refractivity contribution in [3.05, 3.63) is 77.9 Å².